The van der Waals surface area contributed by atoms with Crippen LogP contribution in [0.25, 0.3) is 0 Å². The molecule has 0 radical (unpaired) electrons. The first-order valence-electron chi connectivity index (χ1n) is 14.5. The molecule has 0 heterocycles. The lowest BCUT2D eigenvalue weighted by molar-refractivity contribution is -0.256. The molecule has 4 rings (SSSR count). The fourth-order valence-electron chi connectivity index (χ4n) is 6.62. The number of unbranched alkanes of at least 4 members (excludes halogenated alkanes) is 2. The van der Waals surface area contributed by atoms with E-state index in [2.05, 4.69) is 16.4 Å². The Labute approximate surface area is 227 Å². The number of benzene rings is 1. The van der Waals surface area contributed by atoms with E-state index in [9.17, 15) is 26.3 Å². The summed E-state index contributed by atoms with van der Waals surface area (Å²) in [5.41, 5.74) is 0.584. The molecule has 1 aromatic carbocycles. The van der Waals surface area contributed by atoms with Crippen molar-refractivity contribution in [1.29, 1.82) is 0 Å². The Morgan fingerprint density at radius 1 is 0.923 bits per heavy atom. The molecule has 0 saturated heterocycles. The van der Waals surface area contributed by atoms with Gasteiger partial charge in [0.05, 0.1) is 5.56 Å². The second kappa shape index (κ2) is 13.1. The van der Waals surface area contributed by atoms with Gasteiger partial charge in [-0.25, -0.2) is 8.78 Å². The van der Waals surface area contributed by atoms with E-state index < -0.39 is 36.1 Å². The van der Waals surface area contributed by atoms with E-state index in [0.717, 1.165) is 36.2 Å². The van der Waals surface area contributed by atoms with Crippen LogP contribution in [0.4, 0.5) is 26.3 Å². The molecule has 0 amide bonds. The van der Waals surface area contributed by atoms with Crippen LogP contribution in [-0.2, 0) is 15.6 Å². The first kappa shape index (κ1) is 30.0. The molecule has 2 saturated carbocycles. The van der Waals surface area contributed by atoms with Crippen molar-refractivity contribution in [3.05, 3.63) is 59.4 Å². The van der Waals surface area contributed by atoms with Crippen molar-refractivity contribution in [3.8, 4) is 0 Å². The SMILES string of the molecule is CCCCCC1CCC(C2CCC(c3ccc(C(F)(F)OC4=CC(F)C(F)(OC(F)F)C=C4)cc3)CC2)CC1. The molecular weight excluding hydrogens is 518 g/mol. The first-order chi connectivity index (χ1) is 18.6. The van der Waals surface area contributed by atoms with Gasteiger partial charge in [-0.05, 0) is 98.1 Å². The van der Waals surface area contributed by atoms with E-state index in [1.54, 1.807) is 12.1 Å². The third-order valence-corrected chi connectivity index (χ3v) is 8.94. The highest BCUT2D eigenvalue weighted by atomic mass is 19.3. The normalized spacial score (nSPS) is 31.8. The minimum absolute atomic E-state index is 0.313. The molecule has 1 aromatic rings. The second-order valence-electron chi connectivity index (χ2n) is 11.5. The van der Waals surface area contributed by atoms with Crippen LogP contribution in [0.2, 0.25) is 0 Å². The van der Waals surface area contributed by atoms with Gasteiger partial charge in [-0.1, -0.05) is 57.6 Å². The lowest BCUT2D eigenvalue weighted by atomic mass is 9.68. The Balaban J connectivity index is 1.26. The van der Waals surface area contributed by atoms with Crippen molar-refractivity contribution in [2.24, 2.45) is 17.8 Å². The molecule has 0 bridgehead atoms. The highest BCUT2D eigenvalue weighted by Crippen LogP contribution is 2.45. The molecule has 8 heteroatoms. The molecule has 0 aliphatic heterocycles. The fourth-order valence-corrected chi connectivity index (χ4v) is 6.62. The monoisotopic (exact) mass is 558 g/mol. The molecular formula is C31H40F6O2. The van der Waals surface area contributed by atoms with Crippen molar-refractivity contribution < 1.29 is 35.8 Å². The molecule has 218 valence electrons. The first-order valence-corrected chi connectivity index (χ1v) is 14.5. The van der Waals surface area contributed by atoms with E-state index in [-0.39, 0.29) is 0 Å². The van der Waals surface area contributed by atoms with Gasteiger partial charge in [0.25, 0.3) is 5.85 Å². The summed E-state index contributed by atoms with van der Waals surface area (Å²) in [7, 11) is 0. The lowest BCUT2D eigenvalue weighted by Crippen LogP contribution is -2.38. The van der Waals surface area contributed by atoms with Gasteiger partial charge in [0.15, 0.2) is 6.17 Å². The van der Waals surface area contributed by atoms with Crippen LogP contribution < -0.4 is 0 Å². The van der Waals surface area contributed by atoms with Crippen LogP contribution in [0.1, 0.15) is 101 Å². The van der Waals surface area contributed by atoms with Crippen molar-refractivity contribution in [2.45, 2.75) is 115 Å². The average Bonchev–Trinajstić information content (AvgIpc) is 2.91. The zero-order valence-corrected chi connectivity index (χ0v) is 22.6. The van der Waals surface area contributed by atoms with Gasteiger partial charge in [0.2, 0.25) is 0 Å². The molecule has 2 unspecified atom stereocenters. The van der Waals surface area contributed by atoms with Gasteiger partial charge in [0.1, 0.15) is 5.76 Å². The Morgan fingerprint density at radius 2 is 1.54 bits per heavy atom. The zero-order valence-electron chi connectivity index (χ0n) is 22.6. The Hall–Kier alpha value is -1.96. The predicted octanol–water partition coefficient (Wildman–Crippen LogP) is 10.1. The number of hydrogen-bond acceptors (Lipinski definition) is 2. The van der Waals surface area contributed by atoms with Crippen molar-refractivity contribution in [1.82, 2.24) is 0 Å². The van der Waals surface area contributed by atoms with Crippen molar-refractivity contribution in [3.63, 3.8) is 0 Å². The van der Waals surface area contributed by atoms with Crippen LogP contribution in [-0.4, -0.2) is 18.6 Å². The van der Waals surface area contributed by atoms with Crippen LogP contribution in [0.3, 0.4) is 0 Å². The quantitative estimate of drug-likeness (QED) is 0.199. The maximum atomic E-state index is 14.8. The number of halogens is 6. The number of hydrogen-bond donors (Lipinski definition) is 0. The summed E-state index contributed by atoms with van der Waals surface area (Å²) in [6.45, 7) is -1.32. The molecule has 2 nitrogen and oxygen atoms in total. The average molecular weight is 559 g/mol. The highest BCUT2D eigenvalue weighted by Gasteiger charge is 2.44. The molecule has 0 aromatic heterocycles. The van der Waals surface area contributed by atoms with Gasteiger partial charge in [-0.3, -0.25) is 4.74 Å². The second-order valence-corrected chi connectivity index (χ2v) is 11.5. The predicted molar refractivity (Wildman–Crippen MR) is 139 cm³/mol. The third kappa shape index (κ3) is 7.83. The summed E-state index contributed by atoms with van der Waals surface area (Å²) in [4.78, 5) is 0. The smallest absolute Gasteiger partial charge is 0.426 e. The van der Waals surface area contributed by atoms with E-state index in [1.165, 1.54) is 76.3 Å². The summed E-state index contributed by atoms with van der Waals surface area (Å²) >= 11 is 0. The standard InChI is InChI=1S/C31H40F6O2/c1-2-3-4-5-21-6-8-22(9-7-21)23-10-12-24(13-11-23)25-14-16-26(17-15-25)31(36,37)38-27-18-19-30(35,28(32)20-27)39-29(33)34/h14-24,28-29H,2-13H2,1H3. The van der Waals surface area contributed by atoms with Crippen LogP contribution in [0, 0.1) is 17.8 Å². The van der Waals surface area contributed by atoms with E-state index in [4.69, 9.17) is 0 Å². The molecule has 39 heavy (non-hydrogen) atoms. The largest absolute Gasteiger partial charge is 0.429 e. The highest BCUT2D eigenvalue weighted by molar-refractivity contribution is 5.30. The van der Waals surface area contributed by atoms with Gasteiger partial charge in [-0.15, -0.1) is 0 Å². The Bertz CT molecular complexity index is 962. The molecule has 0 spiro atoms. The van der Waals surface area contributed by atoms with Gasteiger partial charge in [0, 0.05) is 0 Å². The van der Waals surface area contributed by atoms with Gasteiger partial charge >= 0.3 is 12.7 Å². The fraction of sp³-hybridized carbons (Fsp3) is 0.677. The zero-order chi connectivity index (χ0) is 28.0. The number of alkyl halides is 6. The molecule has 2 fully saturated rings. The summed E-state index contributed by atoms with van der Waals surface area (Å²) in [6.07, 6.45) is 10.0. The minimum Gasteiger partial charge on any atom is -0.429 e. The minimum atomic E-state index is -3.82. The maximum Gasteiger partial charge on any atom is 0.426 e. The van der Waals surface area contributed by atoms with Crippen LogP contribution in [0.15, 0.2) is 48.3 Å². The lowest BCUT2D eigenvalue weighted by Gasteiger charge is -2.38. The van der Waals surface area contributed by atoms with Crippen LogP contribution in [0.5, 0.6) is 0 Å². The number of allylic oxidation sites excluding steroid dienone is 1. The summed E-state index contributed by atoms with van der Waals surface area (Å²) < 4.78 is 90.5. The molecule has 3 aliphatic rings. The van der Waals surface area contributed by atoms with E-state index in [1.807, 2.05) is 0 Å². The molecule has 2 atom stereocenters. The maximum absolute atomic E-state index is 14.8. The van der Waals surface area contributed by atoms with Crippen LogP contribution >= 0.6 is 0 Å². The summed E-state index contributed by atoms with van der Waals surface area (Å²) in [6, 6.07) is 5.96. The van der Waals surface area contributed by atoms with Gasteiger partial charge < -0.3 is 4.74 Å². The third-order valence-electron chi connectivity index (χ3n) is 8.94. The Kier molecular flexibility index (Phi) is 10.1. The topological polar surface area (TPSA) is 18.5 Å². The van der Waals surface area contributed by atoms with Crippen molar-refractivity contribution >= 4 is 0 Å². The summed E-state index contributed by atoms with van der Waals surface area (Å²) in [5, 5.41) is 0. The van der Waals surface area contributed by atoms with Crippen molar-refractivity contribution in [2.75, 3.05) is 0 Å². The summed E-state index contributed by atoms with van der Waals surface area (Å²) in [5.74, 6) is -1.28. The van der Waals surface area contributed by atoms with E-state index in [0.29, 0.717) is 24.1 Å². The Morgan fingerprint density at radius 3 is 2.10 bits per heavy atom. The number of ether oxygens (including phenoxy) is 2. The molecule has 0 N–H and O–H groups in total. The number of rotatable bonds is 11. The van der Waals surface area contributed by atoms with Gasteiger partial charge in [-0.2, -0.15) is 17.6 Å². The van der Waals surface area contributed by atoms with E-state index >= 15 is 0 Å². The molecule has 3 aliphatic carbocycles.